The van der Waals surface area contributed by atoms with Crippen molar-refractivity contribution in [1.82, 2.24) is 4.98 Å². The predicted molar refractivity (Wildman–Crippen MR) is 90.4 cm³/mol. The molecule has 0 spiro atoms. The second-order valence-corrected chi connectivity index (χ2v) is 6.24. The first-order valence-corrected chi connectivity index (χ1v) is 7.74. The summed E-state index contributed by atoms with van der Waals surface area (Å²) in [6.07, 6.45) is 9.85. The third-order valence-electron chi connectivity index (χ3n) is 4.12. The number of alkyl halides is 1. The van der Waals surface area contributed by atoms with Crippen molar-refractivity contribution < 1.29 is 4.39 Å². The molecule has 2 unspecified atom stereocenters. The standard InChI is InChI=1S/C19H21FN2/c1-19(20)11-10-18(13-19)22-17-8-6-15(7-9-17)4-5-16-3-2-12-21-14-16/h2-9,12,14,18,22H,10-11,13H2,1H3. The van der Waals surface area contributed by atoms with Crippen LogP contribution < -0.4 is 5.32 Å². The van der Waals surface area contributed by atoms with Crippen molar-refractivity contribution in [2.24, 2.45) is 0 Å². The maximum Gasteiger partial charge on any atom is 0.110 e. The van der Waals surface area contributed by atoms with E-state index in [1.54, 1.807) is 13.1 Å². The molecule has 0 bridgehead atoms. The molecule has 2 aromatic rings. The SMILES string of the molecule is CC1(F)CCC(Nc2ccc(C=Cc3cccnc3)cc2)C1. The molecular weight excluding hydrogens is 275 g/mol. The molecule has 2 atom stereocenters. The highest BCUT2D eigenvalue weighted by Crippen LogP contribution is 2.34. The van der Waals surface area contributed by atoms with Gasteiger partial charge >= 0.3 is 0 Å². The van der Waals surface area contributed by atoms with Crippen LogP contribution in [0.15, 0.2) is 48.8 Å². The average molecular weight is 296 g/mol. The molecule has 1 aliphatic rings. The van der Waals surface area contributed by atoms with Gasteiger partial charge in [-0.05, 0) is 49.1 Å². The quantitative estimate of drug-likeness (QED) is 0.864. The summed E-state index contributed by atoms with van der Waals surface area (Å²) >= 11 is 0. The van der Waals surface area contributed by atoms with Gasteiger partial charge in [0.1, 0.15) is 5.67 Å². The largest absolute Gasteiger partial charge is 0.382 e. The van der Waals surface area contributed by atoms with E-state index in [-0.39, 0.29) is 6.04 Å². The zero-order chi connectivity index (χ0) is 15.4. The predicted octanol–water partition coefficient (Wildman–Crippen LogP) is 4.94. The summed E-state index contributed by atoms with van der Waals surface area (Å²) in [7, 11) is 0. The number of aromatic nitrogens is 1. The number of halogens is 1. The molecule has 1 aliphatic carbocycles. The highest BCUT2D eigenvalue weighted by atomic mass is 19.1. The molecule has 22 heavy (non-hydrogen) atoms. The van der Waals surface area contributed by atoms with Gasteiger partial charge < -0.3 is 5.32 Å². The van der Waals surface area contributed by atoms with E-state index < -0.39 is 5.67 Å². The summed E-state index contributed by atoms with van der Waals surface area (Å²) in [5, 5.41) is 3.42. The molecule has 1 fully saturated rings. The van der Waals surface area contributed by atoms with Gasteiger partial charge in [-0.25, -0.2) is 4.39 Å². The number of nitrogens with zero attached hydrogens (tertiary/aromatic N) is 1. The van der Waals surface area contributed by atoms with E-state index in [1.165, 1.54) is 0 Å². The number of pyridine rings is 1. The lowest BCUT2D eigenvalue weighted by Gasteiger charge is -2.16. The van der Waals surface area contributed by atoms with Gasteiger partial charge in [-0.3, -0.25) is 4.98 Å². The lowest BCUT2D eigenvalue weighted by molar-refractivity contribution is 0.198. The van der Waals surface area contributed by atoms with Crippen molar-refractivity contribution in [3.05, 3.63) is 59.9 Å². The average Bonchev–Trinajstić information content (AvgIpc) is 2.86. The van der Waals surface area contributed by atoms with Gasteiger partial charge in [0.15, 0.2) is 0 Å². The maximum atomic E-state index is 13.8. The summed E-state index contributed by atoms with van der Waals surface area (Å²) in [6.45, 7) is 1.70. The van der Waals surface area contributed by atoms with Crippen LogP contribution in [0.3, 0.4) is 0 Å². The van der Waals surface area contributed by atoms with Crippen LogP contribution in [0.5, 0.6) is 0 Å². The van der Waals surface area contributed by atoms with Crippen LogP contribution in [0.4, 0.5) is 10.1 Å². The lowest BCUT2D eigenvalue weighted by atomic mass is 10.1. The van der Waals surface area contributed by atoms with Crippen molar-refractivity contribution in [2.75, 3.05) is 5.32 Å². The highest BCUT2D eigenvalue weighted by Gasteiger charge is 2.34. The van der Waals surface area contributed by atoms with Gasteiger partial charge in [0.25, 0.3) is 0 Å². The molecule has 1 N–H and O–H groups in total. The topological polar surface area (TPSA) is 24.9 Å². The van der Waals surface area contributed by atoms with Gasteiger partial charge in [0.2, 0.25) is 0 Å². The number of anilines is 1. The second kappa shape index (κ2) is 6.30. The molecule has 0 saturated heterocycles. The number of nitrogens with one attached hydrogen (secondary N) is 1. The first-order valence-electron chi connectivity index (χ1n) is 7.74. The minimum atomic E-state index is -1.01. The summed E-state index contributed by atoms with van der Waals surface area (Å²) in [5.41, 5.74) is 2.26. The summed E-state index contributed by atoms with van der Waals surface area (Å²) in [6, 6.07) is 12.4. The summed E-state index contributed by atoms with van der Waals surface area (Å²) in [4.78, 5) is 4.09. The molecule has 1 heterocycles. The molecule has 3 heteroatoms. The zero-order valence-corrected chi connectivity index (χ0v) is 12.8. The number of hydrogen-bond donors (Lipinski definition) is 1. The second-order valence-electron chi connectivity index (χ2n) is 6.24. The fourth-order valence-corrected chi connectivity index (χ4v) is 2.91. The Bertz CT molecular complexity index is 632. The molecule has 2 nitrogen and oxygen atoms in total. The molecular formula is C19H21FN2. The van der Waals surface area contributed by atoms with Gasteiger partial charge in [-0.1, -0.05) is 30.4 Å². The molecule has 1 aromatic carbocycles. The Labute approximate surface area is 131 Å². The van der Waals surface area contributed by atoms with Crippen LogP contribution in [-0.4, -0.2) is 16.7 Å². The van der Waals surface area contributed by atoms with Crippen LogP contribution >= 0.6 is 0 Å². The van der Waals surface area contributed by atoms with Crippen LogP contribution in [0.25, 0.3) is 12.2 Å². The van der Waals surface area contributed by atoms with E-state index >= 15 is 0 Å². The first-order chi connectivity index (χ1) is 10.6. The minimum absolute atomic E-state index is 0.242. The van der Waals surface area contributed by atoms with Gasteiger partial charge in [-0.15, -0.1) is 0 Å². The van der Waals surface area contributed by atoms with Crippen molar-refractivity contribution in [3.8, 4) is 0 Å². The van der Waals surface area contributed by atoms with E-state index in [9.17, 15) is 4.39 Å². The third kappa shape index (κ3) is 3.94. The highest BCUT2D eigenvalue weighted by molar-refractivity contribution is 5.70. The van der Waals surface area contributed by atoms with E-state index in [0.717, 1.165) is 23.2 Å². The van der Waals surface area contributed by atoms with Crippen molar-refractivity contribution in [2.45, 2.75) is 37.9 Å². The zero-order valence-electron chi connectivity index (χ0n) is 12.8. The number of rotatable bonds is 4. The fraction of sp³-hybridized carbons (Fsp3) is 0.316. The van der Waals surface area contributed by atoms with Crippen molar-refractivity contribution in [1.29, 1.82) is 0 Å². The summed E-state index contributed by atoms with van der Waals surface area (Å²) < 4.78 is 13.8. The fourth-order valence-electron chi connectivity index (χ4n) is 2.91. The van der Waals surface area contributed by atoms with Crippen LogP contribution in [-0.2, 0) is 0 Å². The smallest absolute Gasteiger partial charge is 0.110 e. The molecule has 0 aliphatic heterocycles. The molecule has 3 rings (SSSR count). The van der Waals surface area contributed by atoms with Gasteiger partial charge in [-0.2, -0.15) is 0 Å². The van der Waals surface area contributed by atoms with Crippen molar-refractivity contribution in [3.63, 3.8) is 0 Å². The maximum absolute atomic E-state index is 13.8. The molecule has 0 radical (unpaired) electrons. The van der Waals surface area contributed by atoms with E-state index in [1.807, 2.05) is 24.4 Å². The Morgan fingerprint density at radius 1 is 1.18 bits per heavy atom. The van der Waals surface area contributed by atoms with Crippen molar-refractivity contribution >= 4 is 17.8 Å². The molecule has 1 aromatic heterocycles. The molecule has 1 saturated carbocycles. The Balaban J connectivity index is 1.60. The van der Waals surface area contributed by atoms with Gasteiger partial charge in [0.05, 0.1) is 0 Å². The Morgan fingerprint density at radius 2 is 1.95 bits per heavy atom. The Hall–Kier alpha value is -2.16. The van der Waals surface area contributed by atoms with Crippen LogP contribution in [0.1, 0.15) is 37.3 Å². The first kappa shape index (κ1) is 14.8. The van der Waals surface area contributed by atoms with Gasteiger partial charge in [0, 0.05) is 30.5 Å². The summed E-state index contributed by atoms with van der Waals surface area (Å²) in [5.74, 6) is 0. The van der Waals surface area contributed by atoms with E-state index in [4.69, 9.17) is 0 Å². The number of benzene rings is 1. The Kier molecular flexibility index (Phi) is 4.23. The van der Waals surface area contributed by atoms with E-state index in [0.29, 0.717) is 12.8 Å². The van der Waals surface area contributed by atoms with Crippen LogP contribution in [0.2, 0.25) is 0 Å². The van der Waals surface area contributed by atoms with Crippen LogP contribution in [0, 0.1) is 0 Å². The molecule has 0 amide bonds. The van der Waals surface area contributed by atoms with E-state index in [2.05, 4.69) is 40.6 Å². The molecule has 114 valence electrons. The normalized spacial score (nSPS) is 24.7. The lowest BCUT2D eigenvalue weighted by Crippen LogP contribution is -2.19. The third-order valence-corrected chi connectivity index (χ3v) is 4.12. The Morgan fingerprint density at radius 3 is 2.59 bits per heavy atom. The monoisotopic (exact) mass is 296 g/mol. The number of hydrogen-bond acceptors (Lipinski definition) is 2. The minimum Gasteiger partial charge on any atom is -0.382 e.